The van der Waals surface area contributed by atoms with E-state index in [1.54, 1.807) is 12.1 Å². The van der Waals surface area contributed by atoms with Crippen LogP contribution in [0, 0.1) is 5.21 Å². The second-order valence-corrected chi connectivity index (χ2v) is 3.15. The number of rotatable bonds is 4. The van der Waals surface area contributed by atoms with Crippen molar-refractivity contribution in [3.05, 3.63) is 35.0 Å². The first-order valence-electron chi connectivity index (χ1n) is 4.31. The molecule has 5 N–H and O–H groups in total. The highest BCUT2D eigenvalue weighted by Gasteiger charge is 2.12. The monoisotopic (exact) mass is 212 g/mol. The summed E-state index contributed by atoms with van der Waals surface area (Å²) >= 11 is 0. The quantitative estimate of drug-likeness (QED) is 0.480. The van der Waals surface area contributed by atoms with Crippen molar-refractivity contribution in [2.45, 2.75) is 12.5 Å². The van der Waals surface area contributed by atoms with Crippen LogP contribution in [0.25, 0.3) is 0 Å². The third-order valence-electron chi connectivity index (χ3n) is 1.97. The van der Waals surface area contributed by atoms with Crippen LogP contribution < -0.4 is 11.0 Å². The van der Waals surface area contributed by atoms with Crippen molar-refractivity contribution in [3.63, 3.8) is 0 Å². The van der Waals surface area contributed by atoms with Gasteiger partial charge in [-0.05, 0) is 12.0 Å². The second kappa shape index (κ2) is 4.85. The Labute approximate surface area is 86.1 Å². The molecule has 0 aliphatic carbocycles. The van der Waals surface area contributed by atoms with Crippen molar-refractivity contribution >= 4 is 11.7 Å². The Hall–Kier alpha value is -1.47. The Morgan fingerprint density at radius 1 is 1.47 bits per heavy atom. The molecule has 0 aromatic heterocycles. The van der Waals surface area contributed by atoms with Gasteiger partial charge in [-0.3, -0.25) is 4.79 Å². The second-order valence-electron chi connectivity index (χ2n) is 3.15. The standard InChI is InChI=1S/C9H12N2O4/c10-8(9(12)13)5-6-1-3-7(4-2-6)11(14)15/h1-4,8,11,14H,5,10H2,(H,12,13). The lowest BCUT2D eigenvalue weighted by Gasteiger charge is -2.12. The van der Waals surface area contributed by atoms with Crippen LogP contribution in [0.5, 0.6) is 0 Å². The number of carbonyl (C=O) groups is 1. The van der Waals surface area contributed by atoms with E-state index in [9.17, 15) is 10.0 Å². The Kier molecular flexibility index (Phi) is 3.75. The Morgan fingerprint density at radius 3 is 2.40 bits per heavy atom. The highest BCUT2D eigenvalue weighted by atomic mass is 16.8. The van der Waals surface area contributed by atoms with Crippen molar-refractivity contribution in [1.82, 2.24) is 0 Å². The van der Waals surface area contributed by atoms with Crippen LogP contribution in [-0.4, -0.2) is 22.3 Å². The molecule has 0 bridgehead atoms. The SMILES string of the molecule is NC(Cc1ccc([NH+]([O-])O)cc1)C(=O)O. The fourth-order valence-electron chi connectivity index (χ4n) is 1.12. The molecule has 0 saturated heterocycles. The summed E-state index contributed by atoms with van der Waals surface area (Å²) in [5.74, 6) is -1.07. The molecule has 0 spiro atoms. The maximum Gasteiger partial charge on any atom is 0.320 e. The molecular formula is C9H12N2O4. The molecule has 6 nitrogen and oxygen atoms in total. The summed E-state index contributed by atoms with van der Waals surface area (Å²) in [6.45, 7) is 0. The molecule has 1 aromatic carbocycles. The maximum absolute atomic E-state index is 10.5. The van der Waals surface area contributed by atoms with E-state index in [4.69, 9.17) is 16.0 Å². The van der Waals surface area contributed by atoms with Crippen molar-refractivity contribution in [2.24, 2.45) is 5.73 Å². The molecule has 0 aliphatic rings. The first-order chi connectivity index (χ1) is 7.00. The number of hydrogen-bond acceptors (Lipinski definition) is 4. The van der Waals surface area contributed by atoms with Gasteiger partial charge >= 0.3 is 5.97 Å². The lowest BCUT2D eigenvalue weighted by molar-refractivity contribution is -0.991. The molecule has 2 atom stereocenters. The van der Waals surface area contributed by atoms with Crippen molar-refractivity contribution in [3.8, 4) is 0 Å². The largest absolute Gasteiger partial charge is 0.595 e. The van der Waals surface area contributed by atoms with Crippen LogP contribution in [0.3, 0.4) is 0 Å². The predicted octanol–water partition coefficient (Wildman–Crippen LogP) is -0.956. The normalized spacial score (nSPS) is 14.6. The van der Waals surface area contributed by atoms with E-state index in [-0.39, 0.29) is 12.1 Å². The van der Waals surface area contributed by atoms with E-state index in [2.05, 4.69) is 0 Å². The lowest BCUT2D eigenvalue weighted by atomic mass is 10.1. The van der Waals surface area contributed by atoms with Crippen LogP contribution in [0.4, 0.5) is 5.69 Å². The minimum atomic E-state index is -1.07. The molecule has 1 rings (SSSR count). The number of carboxylic acid groups (broad SMARTS) is 1. The van der Waals surface area contributed by atoms with E-state index >= 15 is 0 Å². The van der Waals surface area contributed by atoms with Crippen LogP contribution >= 0.6 is 0 Å². The van der Waals surface area contributed by atoms with Crippen LogP contribution in [0.2, 0.25) is 0 Å². The summed E-state index contributed by atoms with van der Waals surface area (Å²) in [6.07, 6.45) is 0.190. The van der Waals surface area contributed by atoms with Gasteiger partial charge in [-0.2, -0.15) is 5.23 Å². The molecule has 0 amide bonds. The van der Waals surface area contributed by atoms with Crippen molar-refractivity contribution in [1.29, 1.82) is 0 Å². The predicted molar refractivity (Wildman–Crippen MR) is 51.5 cm³/mol. The number of hydrogen-bond donors (Lipinski definition) is 4. The first kappa shape index (κ1) is 11.6. The van der Waals surface area contributed by atoms with E-state index in [0.29, 0.717) is 5.56 Å². The van der Waals surface area contributed by atoms with Gasteiger partial charge in [-0.25, -0.2) is 5.21 Å². The molecule has 15 heavy (non-hydrogen) atoms. The van der Waals surface area contributed by atoms with Crippen molar-refractivity contribution < 1.29 is 20.3 Å². The highest BCUT2D eigenvalue weighted by Crippen LogP contribution is 2.07. The first-order valence-corrected chi connectivity index (χ1v) is 4.31. The van der Waals surface area contributed by atoms with Gasteiger partial charge in [0.2, 0.25) is 0 Å². The lowest BCUT2D eigenvalue weighted by Crippen LogP contribution is -2.99. The molecule has 0 radical (unpaired) electrons. The minimum Gasteiger partial charge on any atom is -0.595 e. The zero-order valence-electron chi connectivity index (χ0n) is 7.88. The molecule has 82 valence electrons. The van der Waals surface area contributed by atoms with Crippen LogP contribution in [-0.2, 0) is 11.2 Å². The number of aliphatic carboxylic acids is 1. The molecule has 0 heterocycles. The zero-order chi connectivity index (χ0) is 11.4. The van der Waals surface area contributed by atoms with E-state index in [1.807, 2.05) is 0 Å². The Morgan fingerprint density at radius 2 is 2.00 bits per heavy atom. The fourth-order valence-corrected chi connectivity index (χ4v) is 1.12. The van der Waals surface area contributed by atoms with E-state index in [1.165, 1.54) is 12.1 Å². The van der Waals surface area contributed by atoms with Crippen molar-refractivity contribution in [2.75, 3.05) is 0 Å². The molecule has 2 unspecified atom stereocenters. The molecule has 0 aliphatic heterocycles. The summed E-state index contributed by atoms with van der Waals surface area (Å²) in [5, 5.41) is 26.7. The molecule has 6 heteroatoms. The Balaban J connectivity index is 2.68. The summed E-state index contributed by atoms with van der Waals surface area (Å²) in [5.41, 5.74) is 6.20. The van der Waals surface area contributed by atoms with Gasteiger partial charge in [0.15, 0.2) is 5.69 Å². The van der Waals surface area contributed by atoms with Gasteiger partial charge in [0.1, 0.15) is 6.04 Å². The third-order valence-corrected chi connectivity index (χ3v) is 1.97. The molecule has 0 fully saturated rings. The van der Waals surface area contributed by atoms with E-state index in [0.717, 1.165) is 0 Å². The van der Waals surface area contributed by atoms with Gasteiger partial charge in [0.25, 0.3) is 0 Å². The summed E-state index contributed by atoms with van der Waals surface area (Å²) < 4.78 is 0. The number of nitrogens with one attached hydrogen (secondary N) is 1. The van der Waals surface area contributed by atoms with Crippen LogP contribution in [0.15, 0.2) is 24.3 Å². The number of quaternary nitrogens is 1. The maximum atomic E-state index is 10.5. The zero-order valence-corrected chi connectivity index (χ0v) is 7.88. The van der Waals surface area contributed by atoms with Gasteiger partial charge in [-0.15, -0.1) is 0 Å². The van der Waals surface area contributed by atoms with Gasteiger partial charge in [0, 0.05) is 12.1 Å². The third kappa shape index (κ3) is 3.30. The average Bonchev–Trinajstić information content (AvgIpc) is 2.18. The summed E-state index contributed by atoms with van der Waals surface area (Å²) in [4.78, 5) is 10.5. The Bertz CT molecular complexity index is 336. The minimum absolute atomic E-state index is 0.169. The molecule has 1 aromatic rings. The van der Waals surface area contributed by atoms with Gasteiger partial charge in [0.05, 0.1) is 0 Å². The van der Waals surface area contributed by atoms with E-state index < -0.39 is 17.2 Å². The van der Waals surface area contributed by atoms with Crippen LogP contribution in [0.1, 0.15) is 5.56 Å². The van der Waals surface area contributed by atoms with Gasteiger partial charge < -0.3 is 16.0 Å². The highest BCUT2D eigenvalue weighted by molar-refractivity contribution is 5.73. The number of benzene rings is 1. The summed E-state index contributed by atoms with van der Waals surface area (Å²) in [7, 11) is 0. The molecule has 0 saturated carbocycles. The van der Waals surface area contributed by atoms with Gasteiger partial charge in [-0.1, -0.05) is 12.1 Å². The average molecular weight is 212 g/mol. The molecular weight excluding hydrogens is 200 g/mol. The fraction of sp³-hybridized carbons (Fsp3) is 0.222. The number of carboxylic acids is 1. The topological polar surface area (TPSA) is 111 Å². The summed E-state index contributed by atoms with van der Waals surface area (Å²) in [6, 6.07) is 5.01. The smallest absolute Gasteiger partial charge is 0.320 e. The number of nitrogens with two attached hydrogens (primary N) is 1.